The zero-order chi connectivity index (χ0) is 11.5. The zero-order valence-electron chi connectivity index (χ0n) is 8.73. The van der Waals surface area contributed by atoms with E-state index < -0.39 is 5.97 Å². The number of rotatable bonds is 2. The Hall–Kier alpha value is -2.23. The van der Waals surface area contributed by atoms with Crippen molar-refractivity contribution < 1.29 is 14.6 Å². The molecule has 0 unspecified atom stereocenters. The lowest BCUT2D eigenvalue weighted by molar-refractivity contribution is 0.0595. The Labute approximate surface area is 92.5 Å². The summed E-state index contributed by atoms with van der Waals surface area (Å²) in [5, 5.41) is 9.37. The summed E-state index contributed by atoms with van der Waals surface area (Å²) < 4.78 is 4.65. The summed E-state index contributed by atoms with van der Waals surface area (Å²) in [6, 6.07) is 8.47. The molecule has 0 saturated heterocycles. The number of methoxy groups -OCH3 is 1. The number of aromatic nitrogens is 1. The monoisotopic (exact) mass is 217 g/mol. The van der Waals surface area contributed by atoms with Gasteiger partial charge in [0.1, 0.15) is 11.4 Å². The van der Waals surface area contributed by atoms with Crippen molar-refractivity contribution in [2.45, 2.75) is 0 Å². The van der Waals surface area contributed by atoms with Crippen molar-refractivity contribution in [1.82, 2.24) is 4.98 Å². The lowest BCUT2D eigenvalue weighted by Gasteiger charge is -2.03. The Morgan fingerprint density at radius 1 is 1.38 bits per heavy atom. The van der Waals surface area contributed by atoms with Crippen LogP contribution in [-0.4, -0.2) is 23.2 Å². The molecule has 0 fully saturated rings. The van der Waals surface area contributed by atoms with Crippen molar-refractivity contribution in [1.29, 1.82) is 0 Å². The smallest absolute Gasteiger partial charge is 0.355 e. The van der Waals surface area contributed by atoms with E-state index in [0.29, 0.717) is 11.3 Å². The maximum Gasteiger partial charge on any atom is 0.355 e. The molecule has 2 aromatic rings. The molecule has 0 spiro atoms. The van der Waals surface area contributed by atoms with Gasteiger partial charge in [0.2, 0.25) is 0 Å². The zero-order valence-corrected chi connectivity index (χ0v) is 8.73. The van der Waals surface area contributed by atoms with E-state index in [0.717, 1.165) is 5.56 Å². The Kier molecular flexibility index (Phi) is 2.64. The molecule has 0 amide bonds. The molecule has 1 aromatic heterocycles. The van der Waals surface area contributed by atoms with Gasteiger partial charge in [-0.3, -0.25) is 0 Å². The van der Waals surface area contributed by atoms with E-state index in [4.69, 9.17) is 0 Å². The molecule has 1 aromatic carbocycles. The molecule has 4 nitrogen and oxygen atoms in total. The summed E-state index contributed by atoms with van der Waals surface area (Å²) in [4.78, 5) is 14.3. The molecule has 1 heterocycles. The average molecular weight is 217 g/mol. The number of hydrogen-bond acceptors (Lipinski definition) is 3. The van der Waals surface area contributed by atoms with Gasteiger partial charge < -0.3 is 14.8 Å². The molecule has 82 valence electrons. The molecule has 4 heteroatoms. The summed E-state index contributed by atoms with van der Waals surface area (Å²) in [5.41, 5.74) is 1.86. The first-order valence-electron chi connectivity index (χ1n) is 4.77. The Balaban J connectivity index is 2.48. The largest absolute Gasteiger partial charge is 0.508 e. The second-order valence-electron chi connectivity index (χ2n) is 3.31. The third-order valence-electron chi connectivity index (χ3n) is 2.29. The molecule has 2 rings (SSSR count). The van der Waals surface area contributed by atoms with Crippen LogP contribution in [0.2, 0.25) is 0 Å². The number of carbonyl (C=O) groups excluding carboxylic acids is 1. The van der Waals surface area contributed by atoms with E-state index >= 15 is 0 Å². The number of hydrogen-bond donors (Lipinski definition) is 2. The molecule has 0 bridgehead atoms. The number of aromatic amines is 1. The summed E-state index contributed by atoms with van der Waals surface area (Å²) in [6.07, 6.45) is 1.66. The van der Waals surface area contributed by atoms with Crippen molar-refractivity contribution in [2.24, 2.45) is 0 Å². The summed E-state index contributed by atoms with van der Waals surface area (Å²) in [7, 11) is 1.33. The van der Waals surface area contributed by atoms with Crippen molar-refractivity contribution in [2.75, 3.05) is 7.11 Å². The lowest BCUT2D eigenvalue weighted by Crippen LogP contribution is -2.03. The van der Waals surface area contributed by atoms with Gasteiger partial charge in [-0.1, -0.05) is 12.1 Å². The number of phenols is 1. The number of nitrogens with one attached hydrogen (secondary N) is 1. The van der Waals surface area contributed by atoms with Gasteiger partial charge in [0.15, 0.2) is 0 Å². The second kappa shape index (κ2) is 4.10. The van der Waals surface area contributed by atoms with Gasteiger partial charge in [-0.25, -0.2) is 4.79 Å². The van der Waals surface area contributed by atoms with Crippen molar-refractivity contribution >= 4 is 5.97 Å². The third kappa shape index (κ3) is 1.77. The number of phenolic OH excluding ortho intramolecular Hbond substituents is 1. The SMILES string of the molecule is COC(=O)c1[nH]ccc1-c1cccc(O)c1. The molecule has 0 aliphatic carbocycles. The lowest BCUT2D eigenvalue weighted by atomic mass is 10.1. The van der Waals surface area contributed by atoms with Crippen LogP contribution in [-0.2, 0) is 4.74 Å². The van der Waals surface area contributed by atoms with E-state index in [9.17, 15) is 9.90 Å². The number of esters is 1. The summed E-state index contributed by atoms with van der Waals surface area (Å²) in [6.45, 7) is 0. The Morgan fingerprint density at radius 2 is 2.19 bits per heavy atom. The summed E-state index contributed by atoms with van der Waals surface area (Å²) >= 11 is 0. The molecule has 0 atom stereocenters. The molecule has 16 heavy (non-hydrogen) atoms. The minimum atomic E-state index is -0.427. The average Bonchev–Trinajstić information content (AvgIpc) is 2.77. The predicted molar refractivity (Wildman–Crippen MR) is 59.2 cm³/mol. The van der Waals surface area contributed by atoms with E-state index in [2.05, 4.69) is 9.72 Å². The highest BCUT2D eigenvalue weighted by atomic mass is 16.5. The number of benzene rings is 1. The van der Waals surface area contributed by atoms with Crippen LogP contribution in [0.1, 0.15) is 10.5 Å². The minimum Gasteiger partial charge on any atom is -0.508 e. The fourth-order valence-electron chi connectivity index (χ4n) is 1.55. The molecule has 0 aliphatic heterocycles. The third-order valence-corrected chi connectivity index (χ3v) is 2.29. The van der Waals surface area contributed by atoms with Gasteiger partial charge in [-0.2, -0.15) is 0 Å². The van der Waals surface area contributed by atoms with Crippen LogP contribution in [0.4, 0.5) is 0 Å². The van der Waals surface area contributed by atoms with Crippen molar-refractivity contribution in [3.63, 3.8) is 0 Å². The number of H-pyrrole nitrogens is 1. The Bertz CT molecular complexity index is 516. The number of ether oxygens (including phenoxy) is 1. The molecule has 0 radical (unpaired) electrons. The molecule has 0 aliphatic rings. The number of carbonyl (C=O) groups is 1. The van der Waals surface area contributed by atoms with Crippen LogP contribution < -0.4 is 0 Å². The highest BCUT2D eigenvalue weighted by molar-refractivity contribution is 5.95. The van der Waals surface area contributed by atoms with E-state index in [-0.39, 0.29) is 5.75 Å². The molecule has 0 saturated carbocycles. The highest BCUT2D eigenvalue weighted by Gasteiger charge is 2.14. The van der Waals surface area contributed by atoms with E-state index in [1.54, 1.807) is 30.5 Å². The first kappa shape index (κ1) is 10.3. The predicted octanol–water partition coefficient (Wildman–Crippen LogP) is 2.17. The molecular formula is C12H11NO3. The number of aromatic hydroxyl groups is 1. The second-order valence-corrected chi connectivity index (χ2v) is 3.31. The van der Waals surface area contributed by atoms with Crippen LogP contribution >= 0.6 is 0 Å². The first-order chi connectivity index (χ1) is 7.72. The van der Waals surface area contributed by atoms with Gasteiger partial charge in [-0.05, 0) is 23.8 Å². The topological polar surface area (TPSA) is 62.3 Å². The maximum atomic E-state index is 11.4. The Morgan fingerprint density at radius 3 is 2.88 bits per heavy atom. The first-order valence-corrected chi connectivity index (χ1v) is 4.77. The van der Waals surface area contributed by atoms with Gasteiger partial charge in [0.25, 0.3) is 0 Å². The fourth-order valence-corrected chi connectivity index (χ4v) is 1.55. The van der Waals surface area contributed by atoms with Crippen LogP contribution in [0, 0.1) is 0 Å². The molecular weight excluding hydrogens is 206 g/mol. The maximum absolute atomic E-state index is 11.4. The van der Waals surface area contributed by atoms with Gasteiger partial charge >= 0.3 is 5.97 Å². The highest BCUT2D eigenvalue weighted by Crippen LogP contribution is 2.26. The quantitative estimate of drug-likeness (QED) is 0.758. The van der Waals surface area contributed by atoms with Gasteiger partial charge in [0, 0.05) is 11.8 Å². The summed E-state index contributed by atoms with van der Waals surface area (Å²) in [5.74, 6) is -0.266. The van der Waals surface area contributed by atoms with Gasteiger partial charge in [0.05, 0.1) is 7.11 Å². The fraction of sp³-hybridized carbons (Fsp3) is 0.0833. The molecule has 2 N–H and O–H groups in total. The van der Waals surface area contributed by atoms with Crippen LogP contribution in [0.15, 0.2) is 36.5 Å². The van der Waals surface area contributed by atoms with E-state index in [1.165, 1.54) is 7.11 Å². The van der Waals surface area contributed by atoms with Gasteiger partial charge in [-0.15, -0.1) is 0 Å². The van der Waals surface area contributed by atoms with Crippen LogP contribution in [0.25, 0.3) is 11.1 Å². The van der Waals surface area contributed by atoms with E-state index in [1.807, 2.05) is 6.07 Å². The minimum absolute atomic E-state index is 0.162. The van der Waals surface area contributed by atoms with Crippen LogP contribution in [0.5, 0.6) is 5.75 Å². The van der Waals surface area contributed by atoms with Crippen molar-refractivity contribution in [3.05, 3.63) is 42.2 Å². The standard InChI is InChI=1S/C12H11NO3/c1-16-12(15)11-10(5-6-13-11)8-3-2-4-9(14)7-8/h2-7,13-14H,1H3. The van der Waals surface area contributed by atoms with Crippen molar-refractivity contribution in [3.8, 4) is 16.9 Å². The van der Waals surface area contributed by atoms with Crippen LogP contribution in [0.3, 0.4) is 0 Å². The normalized spacial score (nSPS) is 10.1.